The van der Waals surface area contributed by atoms with Crippen molar-refractivity contribution >= 4 is 24.0 Å². The van der Waals surface area contributed by atoms with Crippen LogP contribution in [-0.2, 0) is 4.79 Å². The third-order valence-electron chi connectivity index (χ3n) is 6.65. The van der Waals surface area contributed by atoms with Crippen LogP contribution in [0.15, 0.2) is 84.9 Å². The molecule has 0 unspecified atom stereocenters. The molecule has 3 aromatic rings. The summed E-state index contributed by atoms with van der Waals surface area (Å²) in [6.45, 7) is 0.433. The number of amides is 2. The van der Waals surface area contributed by atoms with Crippen molar-refractivity contribution in [2.45, 2.75) is 18.0 Å². The van der Waals surface area contributed by atoms with Crippen molar-refractivity contribution in [3.05, 3.63) is 107 Å². The lowest BCUT2D eigenvalue weighted by Crippen LogP contribution is -2.73. The molecule has 5 heteroatoms. The largest absolute Gasteiger partial charge is 0.394 e. The first-order chi connectivity index (χ1) is 16.2. The molecule has 2 heterocycles. The maximum absolute atomic E-state index is 12.9. The quantitative estimate of drug-likeness (QED) is 0.619. The van der Waals surface area contributed by atoms with E-state index in [4.69, 9.17) is 0 Å². The van der Waals surface area contributed by atoms with Crippen LogP contribution in [-0.4, -0.2) is 58.5 Å². The summed E-state index contributed by atoms with van der Waals surface area (Å²) in [6, 6.07) is 27.1. The Kier molecular flexibility index (Phi) is 5.80. The number of piperazine rings is 1. The summed E-state index contributed by atoms with van der Waals surface area (Å²) < 4.78 is 0. The van der Waals surface area contributed by atoms with Crippen LogP contribution in [0.4, 0.5) is 0 Å². The van der Waals surface area contributed by atoms with Gasteiger partial charge in [-0.15, -0.1) is 0 Å². The van der Waals surface area contributed by atoms with E-state index in [0.29, 0.717) is 12.1 Å². The predicted octanol–water partition coefficient (Wildman–Crippen LogP) is 3.67. The van der Waals surface area contributed by atoms with E-state index >= 15 is 0 Å². The molecule has 2 saturated heterocycles. The van der Waals surface area contributed by atoms with E-state index in [1.165, 1.54) is 0 Å². The second kappa shape index (κ2) is 9.04. The van der Waals surface area contributed by atoms with Crippen LogP contribution < -0.4 is 0 Å². The molecule has 0 aromatic heterocycles. The molecule has 2 aliphatic rings. The van der Waals surface area contributed by atoms with Crippen molar-refractivity contribution in [1.29, 1.82) is 0 Å². The SMILES string of the molecule is O=C(c1ccccc1)N1CC(=O)N2[C@H](CO)[C@H](c3ccc(/C=C/c4ccccc4)cc3)[C@@H]2C1. The van der Waals surface area contributed by atoms with Crippen LogP contribution in [0.3, 0.4) is 0 Å². The maximum Gasteiger partial charge on any atom is 0.254 e. The molecule has 3 atom stereocenters. The third kappa shape index (κ3) is 4.08. The summed E-state index contributed by atoms with van der Waals surface area (Å²) in [5.41, 5.74) is 3.89. The van der Waals surface area contributed by atoms with Crippen LogP contribution in [0.2, 0.25) is 0 Å². The lowest BCUT2D eigenvalue weighted by atomic mass is 9.73. The number of carbonyl (C=O) groups excluding carboxylic acids is 2. The highest BCUT2D eigenvalue weighted by Gasteiger charge is 2.54. The molecule has 5 rings (SSSR count). The van der Waals surface area contributed by atoms with Crippen molar-refractivity contribution < 1.29 is 14.7 Å². The molecule has 5 nitrogen and oxygen atoms in total. The van der Waals surface area contributed by atoms with Gasteiger partial charge in [0.05, 0.1) is 18.7 Å². The van der Waals surface area contributed by atoms with Gasteiger partial charge in [0.25, 0.3) is 5.91 Å². The highest BCUT2D eigenvalue weighted by molar-refractivity contribution is 5.97. The zero-order valence-electron chi connectivity index (χ0n) is 18.2. The van der Waals surface area contributed by atoms with Gasteiger partial charge in [-0.1, -0.05) is 84.9 Å². The average molecular weight is 439 g/mol. The summed E-state index contributed by atoms with van der Waals surface area (Å²) >= 11 is 0. The van der Waals surface area contributed by atoms with Gasteiger partial charge in [-0.3, -0.25) is 9.59 Å². The summed E-state index contributed by atoms with van der Waals surface area (Å²) in [5.74, 6) is -0.234. The van der Waals surface area contributed by atoms with Gasteiger partial charge >= 0.3 is 0 Å². The standard InChI is InChI=1S/C28H26N2O3/c31-19-25-27(22-15-13-21(14-16-22)12-11-20-7-3-1-4-8-20)24-17-29(18-26(32)30(24)25)28(33)23-9-5-2-6-10-23/h1-16,24-25,27,31H,17-19H2/b12-11+/t24-,25+,27+/m0/s1. The normalized spacial score (nSPS) is 22.2. The predicted molar refractivity (Wildman–Crippen MR) is 128 cm³/mol. The van der Waals surface area contributed by atoms with Gasteiger partial charge < -0.3 is 14.9 Å². The number of fused-ring (bicyclic) bond motifs is 1. The summed E-state index contributed by atoms with van der Waals surface area (Å²) in [4.78, 5) is 29.2. The van der Waals surface area contributed by atoms with Crippen LogP contribution in [0.1, 0.15) is 33.0 Å². The molecule has 3 aromatic carbocycles. The Hall–Kier alpha value is -3.70. The molecule has 0 spiro atoms. The summed E-state index contributed by atoms with van der Waals surface area (Å²) in [5, 5.41) is 10.0. The minimum absolute atomic E-state index is 0.00234. The van der Waals surface area contributed by atoms with E-state index in [0.717, 1.165) is 16.7 Å². The molecule has 0 bridgehead atoms. The number of rotatable bonds is 5. The zero-order valence-corrected chi connectivity index (χ0v) is 18.2. The highest BCUT2D eigenvalue weighted by atomic mass is 16.3. The van der Waals surface area contributed by atoms with Gasteiger partial charge in [-0.05, 0) is 28.8 Å². The van der Waals surface area contributed by atoms with Crippen molar-refractivity contribution in [1.82, 2.24) is 9.80 Å². The minimum atomic E-state index is -0.248. The number of hydrogen-bond acceptors (Lipinski definition) is 3. The van der Waals surface area contributed by atoms with Gasteiger partial charge in [0.15, 0.2) is 0 Å². The Balaban J connectivity index is 1.34. The topological polar surface area (TPSA) is 60.9 Å². The number of aliphatic hydroxyl groups excluding tert-OH is 1. The fourth-order valence-corrected chi connectivity index (χ4v) is 5.00. The first-order valence-electron chi connectivity index (χ1n) is 11.2. The molecular formula is C28H26N2O3. The number of benzene rings is 3. The number of hydrogen-bond donors (Lipinski definition) is 1. The number of aliphatic hydroxyl groups is 1. The summed E-state index contributed by atoms with van der Waals surface area (Å²) in [6.07, 6.45) is 4.14. The monoisotopic (exact) mass is 438 g/mol. The Morgan fingerprint density at radius 3 is 2.12 bits per heavy atom. The van der Waals surface area contributed by atoms with E-state index in [2.05, 4.69) is 48.6 Å². The Bertz CT molecular complexity index is 1160. The first kappa shape index (κ1) is 21.2. The Morgan fingerprint density at radius 2 is 1.48 bits per heavy atom. The molecule has 166 valence electrons. The molecule has 2 fully saturated rings. The maximum atomic E-state index is 12.9. The molecule has 0 aliphatic carbocycles. The Labute approximate surface area is 193 Å². The van der Waals surface area contributed by atoms with Crippen molar-refractivity contribution in [2.24, 2.45) is 0 Å². The molecule has 1 N–H and O–H groups in total. The fraction of sp³-hybridized carbons (Fsp3) is 0.214. The van der Waals surface area contributed by atoms with Crippen LogP contribution in [0.5, 0.6) is 0 Å². The zero-order chi connectivity index (χ0) is 22.8. The van der Waals surface area contributed by atoms with Crippen LogP contribution >= 0.6 is 0 Å². The van der Waals surface area contributed by atoms with Gasteiger partial charge in [0.1, 0.15) is 6.54 Å². The first-order valence-corrected chi connectivity index (χ1v) is 11.2. The number of nitrogens with zero attached hydrogens (tertiary/aromatic N) is 2. The second-order valence-electron chi connectivity index (χ2n) is 8.61. The smallest absolute Gasteiger partial charge is 0.254 e. The van der Waals surface area contributed by atoms with Crippen LogP contribution in [0, 0.1) is 0 Å². The number of carbonyl (C=O) groups is 2. The van der Waals surface area contributed by atoms with E-state index in [9.17, 15) is 14.7 Å². The average Bonchev–Trinajstić information content (AvgIpc) is 2.85. The highest BCUT2D eigenvalue weighted by Crippen LogP contribution is 2.43. The van der Waals surface area contributed by atoms with E-state index in [-0.39, 0.29) is 43.0 Å². The summed E-state index contributed by atoms with van der Waals surface area (Å²) in [7, 11) is 0. The lowest BCUT2D eigenvalue weighted by molar-refractivity contribution is -0.159. The molecular weight excluding hydrogens is 412 g/mol. The van der Waals surface area contributed by atoms with E-state index in [1.54, 1.807) is 21.9 Å². The minimum Gasteiger partial charge on any atom is -0.394 e. The second-order valence-corrected chi connectivity index (χ2v) is 8.61. The van der Waals surface area contributed by atoms with E-state index in [1.807, 2.05) is 36.4 Å². The lowest BCUT2D eigenvalue weighted by Gasteiger charge is -2.58. The molecule has 2 aliphatic heterocycles. The van der Waals surface area contributed by atoms with E-state index < -0.39 is 0 Å². The van der Waals surface area contributed by atoms with Gasteiger partial charge in [-0.2, -0.15) is 0 Å². The van der Waals surface area contributed by atoms with Gasteiger partial charge in [0.2, 0.25) is 5.91 Å². The van der Waals surface area contributed by atoms with Crippen molar-refractivity contribution in [3.8, 4) is 0 Å². The van der Waals surface area contributed by atoms with Crippen molar-refractivity contribution in [2.75, 3.05) is 19.7 Å². The molecule has 0 saturated carbocycles. The Morgan fingerprint density at radius 1 is 0.879 bits per heavy atom. The van der Waals surface area contributed by atoms with Gasteiger partial charge in [-0.25, -0.2) is 0 Å². The fourth-order valence-electron chi connectivity index (χ4n) is 5.00. The molecule has 33 heavy (non-hydrogen) atoms. The molecule has 0 radical (unpaired) electrons. The third-order valence-corrected chi connectivity index (χ3v) is 6.65. The molecule has 2 amide bonds. The van der Waals surface area contributed by atoms with Crippen molar-refractivity contribution in [3.63, 3.8) is 0 Å². The van der Waals surface area contributed by atoms with Gasteiger partial charge in [0, 0.05) is 18.0 Å². The van der Waals surface area contributed by atoms with Crippen LogP contribution in [0.25, 0.3) is 12.2 Å².